The third-order valence-corrected chi connectivity index (χ3v) is 5.01. The minimum Gasteiger partial charge on any atom is -0.462 e. The minimum atomic E-state index is -0.847. The Morgan fingerprint density at radius 1 is 1.11 bits per heavy atom. The Morgan fingerprint density at radius 2 is 1.74 bits per heavy atom. The number of benzene rings is 1. The molecule has 1 heterocycles. The Morgan fingerprint density at radius 3 is 2.33 bits per heavy atom. The fourth-order valence-corrected chi connectivity index (χ4v) is 3.65. The molecule has 0 aliphatic heterocycles. The molecule has 0 unspecified atom stereocenters. The second-order valence-electron chi connectivity index (χ2n) is 5.25. The molecule has 27 heavy (non-hydrogen) atoms. The summed E-state index contributed by atoms with van der Waals surface area (Å²) >= 11 is 6.76. The predicted octanol–water partition coefficient (Wildman–Crippen LogP) is 4.45. The van der Waals surface area contributed by atoms with E-state index in [0.717, 1.165) is 17.4 Å². The molecule has 0 saturated carbocycles. The van der Waals surface area contributed by atoms with Crippen LogP contribution in [0.15, 0.2) is 18.2 Å². The lowest BCUT2D eigenvalue weighted by molar-refractivity contribution is 0.0527. The number of hydrogen-bond donors (Lipinski definition) is 1. The lowest BCUT2D eigenvalue weighted by Gasteiger charge is -2.08. The van der Waals surface area contributed by atoms with Gasteiger partial charge in [-0.15, -0.1) is 11.3 Å². The zero-order valence-corrected chi connectivity index (χ0v) is 16.4. The Balaban J connectivity index is 2.48. The Bertz CT molecular complexity index is 876. The van der Waals surface area contributed by atoms with Crippen molar-refractivity contribution in [2.45, 2.75) is 20.8 Å². The first-order valence-electron chi connectivity index (χ1n) is 8.04. The van der Waals surface area contributed by atoms with Crippen molar-refractivity contribution < 1.29 is 28.2 Å². The fraction of sp³-hybridized carbons (Fsp3) is 0.278. The van der Waals surface area contributed by atoms with Crippen molar-refractivity contribution in [1.29, 1.82) is 0 Å². The molecule has 0 spiro atoms. The standard InChI is InChI=1S/C18H17ClFNO5S/c1-4-25-17(23)12-9(3)14(18(24)26-5-2)27-16(12)21-15(22)13-10(19)7-6-8-11(13)20/h6-8H,4-5H2,1-3H3,(H,21,22). The smallest absolute Gasteiger partial charge is 0.348 e. The average molecular weight is 414 g/mol. The highest BCUT2D eigenvalue weighted by Gasteiger charge is 2.28. The van der Waals surface area contributed by atoms with Gasteiger partial charge in [-0.25, -0.2) is 14.0 Å². The van der Waals surface area contributed by atoms with Crippen LogP contribution in [0.2, 0.25) is 5.02 Å². The normalized spacial score (nSPS) is 10.4. The molecule has 2 aromatic rings. The van der Waals surface area contributed by atoms with Crippen molar-refractivity contribution in [1.82, 2.24) is 0 Å². The van der Waals surface area contributed by atoms with Crippen molar-refractivity contribution in [3.63, 3.8) is 0 Å². The molecule has 144 valence electrons. The summed E-state index contributed by atoms with van der Waals surface area (Å²) in [5.74, 6) is -3.00. The minimum absolute atomic E-state index is 0.0192. The zero-order chi connectivity index (χ0) is 20.1. The highest BCUT2D eigenvalue weighted by Crippen LogP contribution is 2.35. The molecule has 9 heteroatoms. The molecule has 0 fully saturated rings. The van der Waals surface area contributed by atoms with Crippen LogP contribution in [0.3, 0.4) is 0 Å². The van der Waals surface area contributed by atoms with Gasteiger partial charge >= 0.3 is 11.9 Å². The first-order chi connectivity index (χ1) is 12.8. The highest BCUT2D eigenvalue weighted by molar-refractivity contribution is 7.18. The molecule has 1 N–H and O–H groups in total. The van der Waals surface area contributed by atoms with E-state index < -0.39 is 23.7 Å². The molecule has 0 atom stereocenters. The SMILES string of the molecule is CCOC(=O)c1sc(NC(=O)c2c(F)cccc2Cl)c(C(=O)OCC)c1C. The van der Waals surface area contributed by atoms with Crippen LogP contribution in [-0.4, -0.2) is 31.1 Å². The number of thiophene rings is 1. The first-order valence-corrected chi connectivity index (χ1v) is 9.24. The molecule has 0 saturated heterocycles. The third-order valence-electron chi connectivity index (χ3n) is 3.50. The number of amides is 1. The molecule has 0 radical (unpaired) electrons. The number of halogens is 2. The van der Waals surface area contributed by atoms with Crippen molar-refractivity contribution >= 4 is 45.8 Å². The molecule has 6 nitrogen and oxygen atoms in total. The van der Waals surface area contributed by atoms with E-state index in [2.05, 4.69) is 5.32 Å². The van der Waals surface area contributed by atoms with Gasteiger partial charge in [0.1, 0.15) is 15.7 Å². The lowest BCUT2D eigenvalue weighted by Crippen LogP contribution is -2.16. The molecule has 1 amide bonds. The predicted molar refractivity (Wildman–Crippen MR) is 100 cm³/mol. The highest BCUT2D eigenvalue weighted by atomic mass is 35.5. The third kappa shape index (κ3) is 4.45. The van der Waals surface area contributed by atoms with Crippen LogP contribution in [0.25, 0.3) is 0 Å². The summed E-state index contributed by atoms with van der Waals surface area (Å²) in [6, 6.07) is 3.83. The van der Waals surface area contributed by atoms with Gasteiger partial charge < -0.3 is 14.8 Å². The number of carbonyl (C=O) groups excluding carboxylic acids is 3. The number of ether oxygens (including phenoxy) is 2. The lowest BCUT2D eigenvalue weighted by atomic mass is 10.1. The van der Waals surface area contributed by atoms with Crippen LogP contribution in [0.1, 0.15) is 49.8 Å². The quantitative estimate of drug-likeness (QED) is 0.707. The summed E-state index contributed by atoms with van der Waals surface area (Å²) in [6.07, 6.45) is 0. The molecule has 0 aliphatic rings. The van der Waals surface area contributed by atoms with Gasteiger partial charge in [-0.05, 0) is 38.5 Å². The number of nitrogens with one attached hydrogen (secondary N) is 1. The van der Waals surface area contributed by atoms with E-state index >= 15 is 0 Å². The van der Waals surface area contributed by atoms with Gasteiger partial charge in [-0.3, -0.25) is 4.79 Å². The number of hydrogen-bond acceptors (Lipinski definition) is 6. The molecule has 1 aromatic carbocycles. The summed E-state index contributed by atoms with van der Waals surface area (Å²) in [7, 11) is 0. The Labute approximate surface area is 164 Å². The van der Waals surface area contributed by atoms with Crippen LogP contribution in [-0.2, 0) is 9.47 Å². The summed E-state index contributed by atoms with van der Waals surface area (Å²) in [4.78, 5) is 37.1. The van der Waals surface area contributed by atoms with Crippen LogP contribution < -0.4 is 5.32 Å². The molecular weight excluding hydrogens is 397 g/mol. The largest absolute Gasteiger partial charge is 0.462 e. The second-order valence-corrected chi connectivity index (χ2v) is 6.68. The van der Waals surface area contributed by atoms with E-state index in [1.54, 1.807) is 20.8 Å². The number of rotatable bonds is 6. The summed E-state index contributed by atoms with van der Waals surface area (Å²) in [5, 5.41) is 2.43. The van der Waals surface area contributed by atoms with Gasteiger partial charge in [0.2, 0.25) is 0 Å². The number of esters is 2. The van der Waals surface area contributed by atoms with Gasteiger partial charge in [0.25, 0.3) is 5.91 Å². The van der Waals surface area contributed by atoms with Gasteiger partial charge in [0.05, 0.1) is 29.4 Å². The van der Waals surface area contributed by atoms with Gasteiger partial charge in [0.15, 0.2) is 0 Å². The van der Waals surface area contributed by atoms with E-state index in [4.69, 9.17) is 21.1 Å². The first kappa shape index (κ1) is 20.9. The summed E-state index contributed by atoms with van der Waals surface area (Å²) in [5.41, 5.74) is -0.0322. The molecule has 1 aromatic heterocycles. The average Bonchev–Trinajstić information content (AvgIpc) is 2.91. The van der Waals surface area contributed by atoms with Crippen molar-refractivity contribution in [3.8, 4) is 0 Å². The fourth-order valence-electron chi connectivity index (χ4n) is 2.32. The Kier molecular flexibility index (Phi) is 6.92. The maximum Gasteiger partial charge on any atom is 0.348 e. The number of anilines is 1. The maximum absolute atomic E-state index is 14.0. The zero-order valence-electron chi connectivity index (χ0n) is 14.9. The molecule has 0 aliphatic carbocycles. The number of carbonyl (C=O) groups is 3. The van der Waals surface area contributed by atoms with Crippen LogP contribution in [0.4, 0.5) is 9.39 Å². The van der Waals surface area contributed by atoms with Gasteiger partial charge in [0, 0.05) is 0 Å². The molecule has 2 rings (SSSR count). The van der Waals surface area contributed by atoms with Crippen molar-refractivity contribution in [3.05, 3.63) is 50.6 Å². The van der Waals surface area contributed by atoms with Crippen molar-refractivity contribution in [2.24, 2.45) is 0 Å². The maximum atomic E-state index is 14.0. The van der Waals surface area contributed by atoms with Gasteiger partial charge in [-0.2, -0.15) is 0 Å². The van der Waals surface area contributed by atoms with E-state index in [0.29, 0.717) is 5.56 Å². The van der Waals surface area contributed by atoms with E-state index in [1.807, 2.05) is 0 Å². The molecule has 0 bridgehead atoms. The van der Waals surface area contributed by atoms with Crippen LogP contribution >= 0.6 is 22.9 Å². The van der Waals surface area contributed by atoms with Crippen LogP contribution in [0.5, 0.6) is 0 Å². The van der Waals surface area contributed by atoms with Gasteiger partial charge in [-0.1, -0.05) is 17.7 Å². The van der Waals surface area contributed by atoms with E-state index in [9.17, 15) is 18.8 Å². The van der Waals surface area contributed by atoms with E-state index in [-0.39, 0.29) is 39.2 Å². The monoisotopic (exact) mass is 413 g/mol. The summed E-state index contributed by atoms with van der Waals surface area (Å²) in [6.45, 7) is 5.08. The van der Waals surface area contributed by atoms with Crippen LogP contribution in [0, 0.1) is 12.7 Å². The second kappa shape index (κ2) is 8.96. The van der Waals surface area contributed by atoms with Crippen molar-refractivity contribution in [2.75, 3.05) is 18.5 Å². The topological polar surface area (TPSA) is 81.7 Å². The molecular formula is C18H17ClFNO5S. The Hall–Kier alpha value is -2.45. The summed E-state index contributed by atoms with van der Waals surface area (Å²) < 4.78 is 24.0. The van der Waals surface area contributed by atoms with E-state index in [1.165, 1.54) is 12.1 Å².